The maximum atomic E-state index is 13.0. The summed E-state index contributed by atoms with van der Waals surface area (Å²) in [5.74, 6) is -0.356. The van der Waals surface area contributed by atoms with Crippen molar-refractivity contribution < 1.29 is 14.7 Å². The minimum Gasteiger partial charge on any atom is -0.362 e. The Balaban J connectivity index is 1.70. The lowest BCUT2D eigenvalue weighted by Gasteiger charge is -2.32. The van der Waals surface area contributed by atoms with E-state index in [0.29, 0.717) is 11.1 Å². The van der Waals surface area contributed by atoms with Crippen LogP contribution in [0, 0.1) is 0 Å². The van der Waals surface area contributed by atoms with Crippen molar-refractivity contribution in [2.45, 2.75) is 12.3 Å². The zero-order chi connectivity index (χ0) is 18.0. The molecule has 0 saturated heterocycles. The van der Waals surface area contributed by atoms with Crippen molar-refractivity contribution in [2.24, 2.45) is 0 Å². The van der Waals surface area contributed by atoms with Gasteiger partial charge in [-0.05, 0) is 34.0 Å². The summed E-state index contributed by atoms with van der Waals surface area (Å²) < 4.78 is 0. The van der Waals surface area contributed by atoms with Gasteiger partial charge in [0.15, 0.2) is 0 Å². The number of amides is 1. The van der Waals surface area contributed by atoms with Crippen LogP contribution in [0.1, 0.15) is 16.7 Å². The van der Waals surface area contributed by atoms with E-state index < -0.39 is 5.72 Å². The number of carbonyl (C=O) groups is 1. The molecule has 4 nitrogen and oxygen atoms in total. The second kappa shape index (κ2) is 6.88. The third-order valence-electron chi connectivity index (χ3n) is 4.30. The fourth-order valence-corrected chi connectivity index (χ4v) is 3.62. The van der Waals surface area contributed by atoms with Gasteiger partial charge < -0.3 is 5.11 Å². The van der Waals surface area contributed by atoms with Gasteiger partial charge in [0.05, 0.1) is 5.57 Å². The molecule has 1 amide bonds. The zero-order valence-corrected chi connectivity index (χ0v) is 14.7. The summed E-state index contributed by atoms with van der Waals surface area (Å²) in [6, 6.07) is 20.5. The Hall–Kier alpha value is -2.73. The van der Waals surface area contributed by atoms with E-state index in [2.05, 4.69) is 0 Å². The van der Waals surface area contributed by atoms with Crippen molar-refractivity contribution in [2.75, 3.05) is 0 Å². The fourth-order valence-electron chi connectivity index (χ4n) is 2.96. The minimum atomic E-state index is -1.65. The van der Waals surface area contributed by atoms with Gasteiger partial charge in [0.2, 0.25) is 5.72 Å². The highest BCUT2D eigenvalue weighted by atomic mass is 32.1. The molecule has 2 aromatic carbocycles. The average Bonchev–Trinajstić information content (AvgIpc) is 3.29. The van der Waals surface area contributed by atoms with Crippen molar-refractivity contribution in [1.82, 2.24) is 5.06 Å². The largest absolute Gasteiger partial charge is 0.362 e. The number of carbonyl (C=O) groups excluding carboxylic acids is 1. The van der Waals surface area contributed by atoms with E-state index in [9.17, 15) is 9.90 Å². The first kappa shape index (κ1) is 16.7. The van der Waals surface area contributed by atoms with Crippen LogP contribution < -0.4 is 0 Å². The molecule has 0 saturated carbocycles. The maximum absolute atomic E-state index is 13.0. The van der Waals surface area contributed by atoms with Crippen LogP contribution in [-0.4, -0.2) is 16.1 Å². The lowest BCUT2D eigenvalue weighted by atomic mass is 10.0. The van der Waals surface area contributed by atoms with Gasteiger partial charge in [-0.2, -0.15) is 16.4 Å². The second-order valence-corrected chi connectivity index (χ2v) is 6.80. The van der Waals surface area contributed by atoms with Gasteiger partial charge in [-0.3, -0.25) is 9.63 Å². The summed E-state index contributed by atoms with van der Waals surface area (Å²) in [6.45, 7) is 0.187. The van der Waals surface area contributed by atoms with Crippen LogP contribution in [-0.2, 0) is 22.0 Å². The van der Waals surface area contributed by atoms with E-state index >= 15 is 0 Å². The van der Waals surface area contributed by atoms with E-state index in [1.54, 1.807) is 18.2 Å². The summed E-state index contributed by atoms with van der Waals surface area (Å²) in [5, 5.41) is 16.2. The number of thiophene rings is 1. The number of rotatable bonds is 5. The van der Waals surface area contributed by atoms with Crippen molar-refractivity contribution >= 4 is 22.8 Å². The molecule has 0 fully saturated rings. The van der Waals surface area contributed by atoms with E-state index in [4.69, 9.17) is 4.84 Å². The third-order valence-corrected chi connectivity index (χ3v) is 4.99. The molecule has 3 aromatic rings. The standard InChI is InChI=1S/C21H17NO3S/c23-20-19(17-11-12-26-15-17)13-21(24,18-9-5-2-6-10-18)22(20)25-14-16-7-3-1-4-8-16/h1-13,15,24H,14H2. The fraction of sp³-hybridized carbons (Fsp3) is 0.0952. The van der Waals surface area contributed by atoms with Crippen LogP contribution in [0.4, 0.5) is 0 Å². The highest BCUT2D eigenvalue weighted by Crippen LogP contribution is 2.40. The number of hydrogen-bond donors (Lipinski definition) is 1. The first-order chi connectivity index (χ1) is 12.7. The summed E-state index contributed by atoms with van der Waals surface area (Å²) in [4.78, 5) is 18.8. The number of hydrogen-bond acceptors (Lipinski definition) is 4. The van der Waals surface area contributed by atoms with Crippen molar-refractivity contribution in [3.63, 3.8) is 0 Å². The molecule has 4 rings (SSSR count). The summed E-state index contributed by atoms with van der Waals surface area (Å²) in [6.07, 6.45) is 1.57. The van der Waals surface area contributed by atoms with Gasteiger partial charge in [0.1, 0.15) is 6.61 Å². The van der Waals surface area contributed by atoms with Gasteiger partial charge in [0, 0.05) is 5.56 Å². The molecule has 0 spiro atoms. The Morgan fingerprint density at radius 3 is 2.35 bits per heavy atom. The lowest BCUT2D eigenvalue weighted by molar-refractivity contribution is -0.262. The minimum absolute atomic E-state index is 0.187. The smallest absolute Gasteiger partial charge is 0.281 e. The van der Waals surface area contributed by atoms with Crippen LogP contribution in [0.3, 0.4) is 0 Å². The number of benzene rings is 2. The monoisotopic (exact) mass is 363 g/mol. The number of hydroxylamine groups is 2. The normalized spacial score (nSPS) is 19.7. The van der Waals surface area contributed by atoms with E-state index in [-0.39, 0.29) is 12.5 Å². The second-order valence-electron chi connectivity index (χ2n) is 6.02. The quantitative estimate of drug-likeness (QED) is 0.747. The summed E-state index contributed by atoms with van der Waals surface area (Å²) in [7, 11) is 0. The molecule has 1 atom stereocenters. The summed E-state index contributed by atoms with van der Waals surface area (Å²) >= 11 is 1.50. The summed E-state index contributed by atoms with van der Waals surface area (Å²) in [5.41, 5.74) is 1.06. The van der Waals surface area contributed by atoms with Crippen LogP contribution in [0.15, 0.2) is 83.6 Å². The molecule has 130 valence electrons. The molecule has 0 radical (unpaired) electrons. The molecule has 5 heteroatoms. The maximum Gasteiger partial charge on any atom is 0.281 e. The van der Waals surface area contributed by atoms with Crippen molar-refractivity contribution in [3.8, 4) is 0 Å². The molecule has 1 aromatic heterocycles. The molecule has 26 heavy (non-hydrogen) atoms. The van der Waals surface area contributed by atoms with Crippen LogP contribution in [0.25, 0.3) is 5.57 Å². The number of aliphatic hydroxyl groups is 1. The van der Waals surface area contributed by atoms with Gasteiger partial charge in [-0.1, -0.05) is 60.7 Å². The van der Waals surface area contributed by atoms with Gasteiger partial charge >= 0.3 is 0 Å². The first-order valence-corrected chi connectivity index (χ1v) is 9.17. The SMILES string of the molecule is O=C1C(c2ccsc2)=CC(O)(c2ccccc2)N1OCc1ccccc1. The topological polar surface area (TPSA) is 49.8 Å². The average molecular weight is 363 g/mol. The highest BCUT2D eigenvalue weighted by Gasteiger charge is 2.47. The van der Waals surface area contributed by atoms with Crippen molar-refractivity contribution in [3.05, 3.63) is 100 Å². The lowest BCUT2D eigenvalue weighted by Crippen LogP contribution is -2.43. The Kier molecular flexibility index (Phi) is 4.42. The molecular formula is C21H17NO3S. The predicted molar refractivity (Wildman–Crippen MR) is 101 cm³/mol. The molecule has 2 heterocycles. The van der Waals surface area contributed by atoms with E-state index in [1.807, 2.05) is 65.4 Å². The molecule has 0 bridgehead atoms. The Morgan fingerprint density at radius 1 is 1.00 bits per heavy atom. The van der Waals surface area contributed by atoms with E-state index in [1.165, 1.54) is 11.3 Å². The van der Waals surface area contributed by atoms with Gasteiger partial charge in [-0.25, -0.2) is 0 Å². The van der Waals surface area contributed by atoms with Crippen LogP contribution in [0.2, 0.25) is 0 Å². The molecule has 1 aliphatic rings. The Labute approximate surface area is 155 Å². The molecule has 1 N–H and O–H groups in total. The molecule has 0 aliphatic carbocycles. The molecule has 1 aliphatic heterocycles. The Bertz CT molecular complexity index is 922. The predicted octanol–water partition coefficient (Wildman–Crippen LogP) is 3.95. The molecule has 1 unspecified atom stereocenters. The zero-order valence-electron chi connectivity index (χ0n) is 13.9. The van der Waals surface area contributed by atoms with E-state index in [0.717, 1.165) is 16.2 Å². The van der Waals surface area contributed by atoms with Gasteiger partial charge in [0.25, 0.3) is 5.91 Å². The van der Waals surface area contributed by atoms with Crippen LogP contribution >= 0.6 is 11.3 Å². The van der Waals surface area contributed by atoms with Crippen LogP contribution in [0.5, 0.6) is 0 Å². The third kappa shape index (κ3) is 2.97. The Morgan fingerprint density at radius 2 is 1.69 bits per heavy atom. The number of nitrogens with zero attached hydrogens (tertiary/aromatic N) is 1. The van der Waals surface area contributed by atoms with Gasteiger partial charge in [-0.15, -0.1) is 0 Å². The molecular weight excluding hydrogens is 346 g/mol. The first-order valence-electron chi connectivity index (χ1n) is 8.23. The van der Waals surface area contributed by atoms with Crippen molar-refractivity contribution in [1.29, 1.82) is 0 Å². The highest BCUT2D eigenvalue weighted by molar-refractivity contribution is 7.08.